The minimum absolute atomic E-state index is 0.0700. The maximum absolute atomic E-state index is 12.5. The molecular formula is C18H19N5O3. The summed E-state index contributed by atoms with van der Waals surface area (Å²) < 4.78 is 0. The van der Waals surface area contributed by atoms with Crippen LogP contribution in [0.3, 0.4) is 0 Å². The zero-order valence-electron chi connectivity index (χ0n) is 14.4. The largest absolute Gasteiger partial charge is 0.386 e. The van der Waals surface area contributed by atoms with E-state index in [4.69, 9.17) is 4.84 Å². The van der Waals surface area contributed by atoms with Crippen LogP contribution in [-0.2, 0) is 9.63 Å². The fraction of sp³-hybridized carbons (Fsp3) is 0.333. The van der Waals surface area contributed by atoms with Gasteiger partial charge in [0.05, 0.1) is 17.9 Å². The standard InChI is InChI=1S/C18H19N5O3/c1-12-13(4-2-7-19-12)21-16(24)15-10-18(26-22-15)6-9-23(11-18)17(25)14-5-3-8-20-14/h2-5,7-8,20H,6,9-11H2,1H3,(H,21,24)/t18-/m1/s1. The second-order valence-corrected chi connectivity index (χ2v) is 6.64. The highest BCUT2D eigenvalue weighted by molar-refractivity contribution is 6.43. The van der Waals surface area contributed by atoms with Crippen molar-refractivity contribution in [2.45, 2.75) is 25.4 Å². The first kappa shape index (κ1) is 16.3. The number of rotatable bonds is 3. The lowest BCUT2D eigenvalue weighted by Gasteiger charge is -2.21. The predicted octanol–water partition coefficient (Wildman–Crippen LogP) is 1.72. The van der Waals surface area contributed by atoms with Crippen molar-refractivity contribution < 1.29 is 14.4 Å². The molecule has 0 unspecified atom stereocenters. The first-order chi connectivity index (χ1) is 12.6. The Balaban J connectivity index is 1.39. The Morgan fingerprint density at radius 3 is 3.00 bits per heavy atom. The lowest BCUT2D eigenvalue weighted by atomic mass is 9.96. The molecule has 1 atom stereocenters. The van der Waals surface area contributed by atoms with Crippen molar-refractivity contribution in [1.82, 2.24) is 14.9 Å². The van der Waals surface area contributed by atoms with Gasteiger partial charge in [-0.25, -0.2) is 0 Å². The van der Waals surface area contributed by atoms with E-state index in [0.29, 0.717) is 43.0 Å². The number of aryl methyl sites for hydroxylation is 1. The molecular weight excluding hydrogens is 334 g/mol. The first-order valence-electron chi connectivity index (χ1n) is 8.47. The van der Waals surface area contributed by atoms with E-state index in [2.05, 4.69) is 20.4 Å². The summed E-state index contributed by atoms with van der Waals surface area (Å²) in [6.07, 6.45) is 4.42. The Morgan fingerprint density at radius 1 is 1.35 bits per heavy atom. The van der Waals surface area contributed by atoms with Crippen molar-refractivity contribution in [2.24, 2.45) is 5.16 Å². The number of carbonyl (C=O) groups excluding carboxylic acids is 2. The van der Waals surface area contributed by atoms with Gasteiger partial charge in [-0.2, -0.15) is 0 Å². The third-order valence-electron chi connectivity index (χ3n) is 4.79. The summed E-state index contributed by atoms with van der Waals surface area (Å²) in [6.45, 7) is 2.81. The number of H-pyrrole nitrogens is 1. The van der Waals surface area contributed by atoms with Crippen molar-refractivity contribution >= 4 is 23.2 Å². The molecule has 134 valence electrons. The van der Waals surface area contributed by atoms with Crippen molar-refractivity contribution in [1.29, 1.82) is 0 Å². The smallest absolute Gasteiger partial charge is 0.273 e. The van der Waals surface area contributed by atoms with Crippen LogP contribution in [0.4, 0.5) is 5.69 Å². The Kier molecular flexibility index (Phi) is 3.95. The average molecular weight is 353 g/mol. The first-order valence-corrected chi connectivity index (χ1v) is 8.47. The van der Waals surface area contributed by atoms with Gasteiger partial charge < -0.3 is 20.0 Å². The third-order valence-corrected chi connectivity index (χ3v) is 4.79. The molecule has 8 heteroatoms. The quantitative estimate of drug-likeness (QED) is 0.877. The van der Waals surface area contributed by atoms with Gasteiger partial charge in [0, 0.05) is 31.8 Å². The van der Waals surface area contributed by atoms with E-state index in [0.717, 1.165) is 5.69 Å². The molecule has 4 rings (SSSR count). The number of hydrogen-bond donors (Lipinski definition) is 2. The van der Waals surface area contributed by atoms with E-state index in [1.165, 1.54) is 0 Å². The molecule has 0 saturated carbocycles. The van der Waals surface area contributed by atoms with Crippen LogP contribution in [0.25, 0.3) is 0 Å². The second-order valence-electron chi connectivity index (χ2n) is 6.64. The molecule has 1 fully saturated rings. The maximum atomic E-state index is 12.5. The fourth-order valence-electron chi connectivity index (χ4n) is 3.32. The molecule has 2 amide bonds. The van der Waals surface area contributed by atoms with Gasteiger partial charge in [-0.1, -0.05) is 5.16 Å². The van der Waals surface area contributed by atoms with Crippen LogP contribution in [0.15, 0.2) is 41.8 Å². The molecule has 0 bridgehead atoms. The zero-order valence-corrected chi connectivity index (χ0v) is 14.4. The molecule has 0 radical (unpaired) electrons. The summed E-state index contributed by atoms with van der Waals surface area (Å²) in [6, 6.07) is 7.09. The Hall–Kier alpha value is -3.16. The summed E-state index contributed by atoms with van der Waals surface area (Å²) in [5, 5.41) is 6.81. The molecule has 0 aromatic carbocycles. The van der Waals surface area contributed by atoms with Gasteiger partial charge in [0.2, 0.25) is 0 Å². The Labute approximate surface area is 150 Å². The van der Waals surface area contributed by atoms with Crippen LogP contribution in [0, 0.1) is 6.92 Å². The third kappa shape index (κ3) is 2.94. The van der Waals surface area contributed by atoms with Gasteiger partial charge in [-0.3, -0.25) is 14.6 Å². The molecule has 1 spiro atoms. The number of amides is 2. The molecule has 1 saturated heterocycles. The van der Waals surface area contributed by atoms with E-state index in [9.17, 15) is 9.59 Å². The highest BCUT2D eigenvalue weighted by Crippen LogP contribution is 2.34. The average Bonchev–Trinajstić information content (AvgIpc) is 3.38. The van der Waals surface area contributed by atoms with Crippen molar-refractivity contribution in [3.05, 3.63) is 48.0 Å². The van der Waals surface area contributed by atoms with E-state index in [1.807, 2.05) is 6.92 Å². The van der Waals surface area contributed by atoms with Crippen molar-refractivity contribution in [3.8, 4) is 0 Å². The lowest BCUT2D eigenvalue weighted by Crippen LogP contribution is -2.37. The van der Waals surface area contributed by atoms with Crippen LogP contribution in [0.1, 0.15) is 29.0 Å². The number of hydrogen-bond acceptors (Lipinski definition) is 5. The molecule has 2 aliphatic heterocycles. The molecule has 26 heavy (non-hydrogen) atoms. The molecule has 2 N–H and O–H groups in total. The van der Waals surface area contributed by atoms with Crippen LogP contribution in [0.5, 0.6) is 0 Å². The topological polar surface area (TPSA) is 99.7 Å². The van der Waals surface area contributed by atoms with Gasteiger partial charge >= 0.3 is 0 Å². The van der Waals surface area contributed by atoms with Gasteiger partial charge in [0.15, 0.2) is 5.60 Å². The van der Waals surface area contributed by atoms with Crippen LogP contribution in [0.2, 0.25) is 0 Å². The van der Waals surface area contributed by atoms with E-state index in [-0.39, 0.29) is 11.8 Å². The van der Waals surface area contributed by atoms with Gasteiger partial charge in [-0.15, -0.1) is 0 Å². The monoisotopic (exact) mass is 353 g/mol. The molecule has 0 aliphatic carbocycles. The predicted molar refractivity (Wildman–Crippen MR) is 94.8 cm³/mol. The highest BCUT2D eigenvalue weighted by Gasteiger charge is 2.48. The molecule has 8 nitrogen and oxygen atoms in total. The van der Waals surface area contributed by atoms with E-state index in [1.54, 1.807) is 41.6 Å². The molecule has 2 aromatic rings. The van der Waals surface area contributed by atoms with Crippen LogP contribution >= 0.6 is 0 Å². The Bertz CT molecular complexity index is 877. The van der Waals surface area contributed by atoms with E-state index >= 15 is 0 Å². The van der Waals surface area contributed by atoms with Crippen LogP contribution < -0.4 is 5.32 Å². The van der Waals surface area contributed by atoms with Gasteiger partial charge in [0.25, 0.3) is 11.8 Å². The fourth-order valence-corrected chi connectivity index (χ4v) is 3.32. The molecule has 2 aliphatic rings. The number of pyridine rings is 1. The minimum Gasteiger partial charge on any atom is -0.386 e. The number of aromatic nitrogens is 2. The summed E-state index contributed by atoms with van der Waals surface area (Å²) in [5.74, 6) is -0.369. The molecule has 4 heterocycles. The minimum atomic E-state index is -0.612. The maximum Gasteiger partial charge on any atom is 0.273 e. The highest BCUT2D eigenvalue weighted by atomic mass is 16.7. The number of anilines is 1. The summed E-state index contributed by atoms with van der Waals surface area (Å²) in [4.78, 5) is 39.3. The van der Waals surface area contributed by atoms with Gasteiger partial charge in [0.1, 0.15) is 11.4 Å². The SMILES string of the molecule is Cc1ncccc1NC(=O)C1=NO[C@]2(CCN(C(=O)c3ccc[nH]3)C2)C1. The number of likely N-dealkylation sites (tertiary alicyclic amines) is 1. The van der Waals surface area contributed by atoms with Crippen LogP contribution in [-0.4, -0.2) is 51.1 Å². The lowest BCUT2D eigenvalue weighted by molar-refractivity contribution is -0.110. The number of nitrogens with zero attached hydrogens (tertiary/aromatic N) is 3. The Morgan fingerprint density at radius 2 is 2.23 bits per heavy atom. The normalized spacial score (nSPS) is 21.6. The summed E-state index contributed by atoms with van der Waals surface area (Å²) in [7, 11) is 0. The summed E-state index contributed by atoms with van der Waals surface area (Å²) in [5.41, 5.74) is 1.65. The second kappa shape index (κ2) is 6.29. The zero-order chi connectivity index (χ0) is 18.1. The van der Waals surface area contributed by atoms with E-state index < -0.39 is 5.60 Å². The summed E-state index contributed by atoms with van der Waals surface area (Å²) >= 11 is 0. The molecule has 2 aromatic heterocycles. The van der Waals surface area contributed by atoms with Crippen molar-refractivity contribution in [2.75, 3.05) is 18.4 Å². The number of aromatic amines is 1. The van der Waals surface area contributed by atoms with Crippen molar-refractivity contribution in [3.63, 3.8) is 0 Å². The number of nitrogens with one attached hydrogen (secondary N) is 2. The number of carbonyl (C=O) groups is 2. The number of oxime groups is 1. The van der Waals surface area contributed by atoms with Gasteiger partial charge in [-0.05, 0) is 31.2 Å².